The minimum atomic E-state index is -0.202. The molecule has 32 heavy (non-hydrogen) atoms. The number of rotatable bonds is 6. The van der Waals surface area contributed by atoms with Crippen LogP contribution in [0.4, 0.5) is 0 Å². The maximum atomic E-state index is 13.1. The molecule has 6 nitrogen and oxygen atoms in total. The molecule has 166 valence electrons. The highest BCUT2D eigenvalue weighted by molar-refractivity contribution is 5.93. The van der Waals surface area contributed by atoms with Crippen LogP contribution in [0.15, 0.2) is 66.7 Å². The van der Waals surface area contributed by atoms with Crippen molar-refractivity contribution in [3.63, 3.8) is 0 Å². The average Bonchev–Trinajstić information content (AvgIpc) is 2.84. The first-order valence-electron chi connectivity index (χ1n) is 10.6. The lowest BCUT2D eigenvalue weighted by Crippen LogP contribution is -2.52. The maximum Gasteiger partial charge on any atom is 0.265 e. The topological polar surface area (TPSA) is 60.0 Å². The highest BCUT2D eigenvalue weighted by Crippen LogP contribution is 2.42. The molecule has 0 radical (unpaired) electrons. The Morgan fingerprint density at radius 2 is 1.56 bits per heavy atom. The molecule has 0 aliphatic carbocycles. The smallest absolute Gasteiger partial charge is 0.265 e. The maximum absolute atomic E-state index is 13.1. The Balaban J connectivity index is 1.80. The first-order valence-corrected chi connectivity index (χ1v) is 10.6. The molecule has 3 aromatic carbocycles. The standard InChI is InChI=1S/C26H28N2O4/c1-17-14-20-15-23(31-3)24(32-4)16-22(20)25(18-10-12-21(30-2)13-11-18)28(17)27-26(29)19-8-6-5-7-9-19/h5-13,15-17,25H,14H2,1-4H3,(H,27,29). The Labute approximate surface area is 188 Å². The summed E-state index contributed by atoms with van der Waals surface area (Å²) in [6.07, 6.45) is 0.761. The van der Waals surface area contributed by atoms with Crippen molar-refractivity contribution in [1.29, 1.82) is 0 Å². The van der Waals surface area contributed by atoms with Gasteiger partial charge in [-0.05, 0) is 66.4 Å². The van der Waals surface area contributed by atoms with Crippen molar-refractivity contribution >= 4 is 5.91 Å². The second-order valence-electron chi connectivity index (χ2n) is 7.85. The fraction of sp³-hybridized carbons (Fsp3) is 0.269. The Kier molecular flexibility index (Phi) is 6.32. The number of fused-ring (bicyclic) bond motifs is 1. The van der Waals surface area contributed by atoms with Gasteiger partial charge in [-0.25, -0.2) is 5.01 Å². The van der Waals surface area contributed by atoms with Crippen LogP contribution in [0.5, 0.6) is 17.2 Å². The van der Waals surface area contributed by atoms with Gasteiger partial charge in [-0.2, -0.15) is 0 Å². The van der Waals surface area contributed by atoms with Crippen LogP contribution in [0.3, 0.4) is 0 Å². The highest BCUT2D eigenvalue weighted by atomic mass is 16.5. The van der Waals surface area contributed by atoms with Crippen molar-refractivity contribution in [2.45, 2.75) is 25.4 Å². The number of benzene rings is 3. The quantitative estimate of drug-likeness (QED) is 0.626. The predicted molar refractivity (Wildman–Crippen MR) is 123 cm³/mol. The van der Waals surface area contributed by atoms with Crippen LogP contribution in [0.25, 0.3) is 0 Å². The summed E-state index contributed by atoms with van der Waals surface area (Å²) in [5.74, 6) is 2.01. The van der Waals surface area contributed by atoms with Crippen molar-refractivity contribution in [2.24, 2.45) is 0 Å². The van der Waals surface area contributed by atoms with Gasteiger partial charge in [-0.3, -0.25) is 10.2 Å². The van der Waals surface area contributed by atoms with E-state index in [2.05, 4.69) is 12.3 Å². The second kappa shape index (κ2) is 9.32. The van der Waals surface area contributed by atoms with Gasteiger partial charge in [0.15, 0.2) is 11.5 Å². The Bertz CT molecular complexity index is 1080. The summed E-state index contributed by atoms with van der Waals surface area (Å²) in [7, 11) is 4.92. The molecular weight excluding hydrogens is 404 g/mol. The van der Waals surface area contributed by atoms with E-state index in [-0.39, 0.29) is 18.0 Å². The van der Waals surface area contributed by atoms with Gasteiger partial charge in [0.25, 0.3) is 5.91 Å². The minimum absolute atomic E-state index is 0.0559. The number of nitrogens with zero attached hydrogens (tertiary/aromatic N) is 1. The molecule has 2 atom stereocenters. The number of amides is 1. The zero-order chi connectivity index (χ0) is 22.7. The van der Waals surface area contributed by atoms with Gasteiger partial charge in [-0.15, -0.1) is 0 Å². The van der Waals surface area contributed by atoms with Gasteiger partial charge in [-0.1, -0.05) is 30.3 Å². The number of carbonyl (C=O) groups is 1. The monoisotopic (exact) mass is 432 g/mol. The van der Waals surface area contributed by atoms with Crippen molar-refractivity contribution < 1.29 is 19.0 Å². The zero-order valence-corrected chi connectivity index (χ0v) is 18.8. The van der Waals surface area contributed by atoms with E-state index in [0.29, 0.717) is 17.1 Å². The lowest BCUT2D eigenvalue weighted by Gasteiger charge is -2.42. The normalized spacial score (nSPS) is 17.9. The van der Waals surface area contributed by atoms with E-state index in [0.717, 1.165) is 23.3 Å². The molecule has 4 rings (SSSR count). The second-order valence-corrected chi connectivity index (χ2v) is 7.85. The van der Waals surface area contributed by atoms with Gasteiger partial charge in [0, 0.05) is 11.6 Å². The third-order valence-electron chi connectivity index (χ3n) is 5.91. The van der Waals surface area contributed by atoms with Gasteiger partial charge in [0.05, 0.1) is 27.4 Å². The zero-order valence-electron chi connectivity index (χ0n) is 18.8. The van der Waals surface area contributed by atoms with E-state index in [1.165, 1.54) is 5.56 Å². The molecule has 1 aliphatic rings. The molecule has 1 amide bonds. The van der Waals surface area contributed by atoms with E-state index in [1.807, 2.05) is 71.7 Å². The lowest BCUT2D eigenvalue weighted by atomic mass is 9.86. The molecule has 0 bridgehead atoms. The Morgan fingerprint density at radius 1 is 0.906 bits per heavy atom. The Morgan fingerprint density at radius 3 is 2.19 bits per heavy atom. The summed E-state index contributed by atoms with van der Waals surface area (Å²) < 4.78 is 16.5. The van der Waals surface area contributed by atoms with Crippen molar-refractivity contribution in [3.05, 3.63) is 89.0 Å². The predicted octanol–water partition coefficient (Wildman–Crippen LogP) is 4.39. The van der Waals surface area contributed by atoms with E-state index in [9.17, 15) is 4.79 Å². The molecule has 1 aliphatic heterocycles. The minimum Gasteiger partial charge on any atom is -0.497 e. The van der Waals surface area contributed by atoms with Crippen LogP contribution >= 0.6 is 0 Å². The lowest BCUT2D eigenvalue weighted by molar-refractivity contribution is 0.0552. The number of hydrogen-bond acceptors (Lipinski definition) is 5. The van der Waals surface area contributed by atoms with Crippen molar-refractivity contribution in [1.82, 2.24) is 10.4 Å². The summed E-state index contributed by atoms with van der Waals surface area (Å²) in [6, 6.07) is 21.1. The Hall–Kier alpha value is -3.51. The number of nitrogens with one attached hydrogen (secondary N) is 1. The van der Waals surface area contributed by atoms with Crippen LogP contribution < -0.4 is 19.6 Å². The number of hydrogen-bond donors (Lipinski definition) is 1. The molecule has 0 saturated carbocycles. The van der Waals surface area contributed by atoms with Crippen LogP contribution in [-0.2, 0) is 6.42 Å². The average molecular weight is 433 g/mol. The van der Waals surface area contributed by atoms with Crippen molar-refractivity contribution in [3.8, 4) is 17.2 Å². The highest BCUT2D eigenvalue weighted by Gasteiger charge is 2.35. The molecule has 0 spiro atoms. The summed E-state index contributed by atoms with van der Waals surface area (Å²) in [4.78, 5) is 13.1. The summed E-state index contributed by atoms with van der Waals surface area (Å²) >= 11 is 0. The molecule has 1 heterocycles. The molecule has 0 aromatic heterocycles. The fourth-order valence-electron chi connectivity index (χ4n) is 4.26. The van der Waals surface area contributed by atoms with E-state index in [1.54, 1.807) is 21.3 Å². The van der Waals surface area contributed by atoms with Gasteiger partial charge in [0.1, 0.15) is 5.75 Å². The van der Waals surface area contributed by atoms with Crippen LogP contribution in [0.2, 0.25) is 0 Å². The third kappa shape index (κ3) is 4.14. The first-order chi connectivity index (χ1) is 15.5. The fourth-order valence-corrected chi connectivity index (χ4v) is 4.26. The van der Waals surface area contributed by atoms with Crippen LogP contribution in [0.1, 0.15) is 40.0 Å². The van der Waals surface area contributed by atoms with E-state index < -0.39 is 0 Å². The van der Waals surface area contributed by atoms with Crippen molar-refractivity contribution in [2.75, 3.05) is 21.3 Å². The summed E-state index contributed by atoms with van der Waals surface area (Å²) in [5.41, 5.74) is 7.05. The summed E-state index contributed by atoms with van der Waals surface area (Å²) in [5, 5.41) is 2.03. The molecular formula is C26H28N2O4. The number of ether oxygens (including phenoxy) is 3. The van der Waals surface area contributed by atoms with E-state index >= 15 is 0 Å². The number of methoxy groups -OCH3 is 3. The number of hydrazine groups is 1. The first kappa shape index (κ1) is 21.7. The molecule has 0 saturated heterocycles. The molecule has 1 N–H and O–H groups in total. The molecule has 6 heteroatoms. The number of carbonyl (C=O) groups excluding carboxylic acids is 1. The molecule has 0 fully saturated rings. The van der Waals surface area contributed by atoms with Gasteiger partial charge < -0.3 is 14.2 Å². The SMILES string of the molecule is COc1ccc(C2c3cc(OC)c(OC)cc3CC(C)N2NC(=O)c2ccccc2)cc1. The molecule has 3 aromatic rings. The van der Waals surface area contributed by atoms with Gasteiger partial charge >= 0.3 is 0 Å². The molecule has 2 unspecified atom stereocenters. The van der Waals surface area contributed by atoms with Crippen LogP contribution in [0, 0.1) is 0 Å². The largest absolute Gasteiger partial charge is 0.497 e. The summed E-state index contributed by atoms with van der Waals surface area (Å²) in [6.45, 7) is 2.11. The third-order valence-corrected chi connectivity index (χ3v) is 5.91. The van der Waals surface area contributed by atoms with E-state index in [4.69, 9.17) is 14.2 Å². The van der Waals surface area contributed by atoms with Gasteiger partial charge in [0.2, 0.25) is 0 Å². The van der Waals surface area contributed by atoms with Crippen LogP contribution in [-0.4, -0.2) is 38.3 Å².